The monoisotopic (exact) mass is 304 g/mol. The van der Waals surface area contributed by atoms with E-state index >= 15 is 0 Å². The molecule has 3 aromatic rings. The Balaban J connectivity index is 1.74. The highest BCUT2D eigenvalue weighted by Gasteiger charge is 2.08. The van der Waals surface area contributed by atoms with Crippen molar-refractivity contribution in [1.82, 2.24) is 24.1 Å². The van der Waals surface area contributed by atoms with Crippen LogP contribution < -0.4 is 10.9 Å². The molecule has 3 heterocycles. The molecule has 0 aliphatic rings. The van der Waals surface area contributed by atoms with Crippen molar-refractivity contribution in [2.24, 2.45) is 0 Å². The third-order valence-corrected chi connectivity index (χ3v) is 4.08. The lowest BCUT2D eigenvalue weighted by Crippen LogP contribution is -2.16. The van der Waals surface area contributed by atoms with Crippen molar-refractivity contribution in [3.05, 3.63) is 40.3 Å². The van der Waals surface area contributed by atoms with Crippen LogP contribution in [0, 0.1) is 6.92 Å². The van der Waals surface area contributed by atoms with E-state index in [0.717, 1.165) is 24.5 Å². The number of rotatable bonds is 5. The summed E-state index contributed by atoms with van der Waals surface area (Å²) >= 11 is 1.39. The summed E-state index contributed by atoms with van der Waals surface area (Å²) in [4.78, 5) is 21.1. The average molecular weight is 304 g/mol. The van der Waals surface area contributed by atoms with E-state index in [1.807, 2.05) is 20.0 Å². The number of hydrogen-bond donors (Lipinski definition) is 1. The normalized spacial score (nSPS) is 11.1. The molecule has 0 saturated carbocycles. The number of anilines is 1. The largest absolute Gasteiger partial charge is 0.358 e. The van der Waals surface area contributed by atoms with Gasteiger partial charge in [0.05, 0.1) is 0 Å². The Morgan fingerprint density at radius 3 is 3.00 bits per heavy atom. The zero-order valence-electron chi connectivity index (χ0n) is 11.9. The van der Waals surface area contributed by atoms with Gasteiger partial charge in [0.15, 0.2) is 0 Å². The van der Waals surface area contributed by atoms with Crippen LogP contribution in [-0.2, 0) is 13.0 Å². The highest BCUT2D eigenvalue weighted by atomic mass is 32.1. The van der Waals surface area contributed by atoms with E-state index in [2.05, 4.69) is 25.0 Å². The maximum absolute atomic E-state index is 11.9. The molecule has 110 valence electrons. The molecule has 0 saturated heterocycles. The highest BCUT2D eigenvalue weighted by molar-refractivity contribution is 7.20. The molecule has 0 aliphatic carbocycles. The molecule has 0 atom stereocenters. The second-order valence-corrected chi connectivity index (χ2v) is 5.59. The van der Waals surface area contributed by atoms with Crippen molar-refractivity contribution in [3.8, 4) is 0 Å². The molecule has 0 fully saturated rings. The zero-order chi connectivity index (χ0) is 14.8. The van der Waals surface area contributed by atoms with E-state index in [1.54, 1.807) is 6.20 Å². The Bertz CT molecular complexity index is 818. The number of aromatic nitrogens is 5. The first-order valence-corrected chi connectivity index (χ1v) is 7.60. The molecule has 0 amide bonds. The predicted molar refractivity (Wildman–Crippen MR) is 82.0 cm³/mol. The number of hydrogen-bond acceptors (Lipinski definition) is 6. The molecule has 0 aliphatic heterocycles. The molecule has 0 aromatic carbocycles. The Morgan fingerprint density at radius 2 is 2.29 bits per heavy atom. The van der Waals surface area contributed by atoms with Crippen LogP contribution in [0.1, 0.15) is 18.4 Å². The fourth-order valence-electron chi connectivity index (χ4n) is 2.03. The Kier molecular flexibility index (Phi) is 3.70. The molecule has 0 spiro atoms. The number of aryl methyl sites for hydroxylation is 2. The van der Waals surface area contributed by atoms with Crippen molar-refractivity contribution in [3.63, 3.8) is 0 Å². The molecule has 7 nitrogen and oxygen atoms in total. The molecular weight excluding hydrogens is 288 g/mol. The van der Waals surface area contributed by atoms with E-state index in [0.29, 0.717) is 16.6 Å². The topological polar surface area (TPSA) is 77.1 Å². The smallest absolute Gasteiger partial charge is 0.275 e. The summed E-state index contributed by atoms with van der Waals surface area (Å²) < 4.78 is 3.40. The van der Waals surface area contributed by atoms with E-state index in [1.165, 1.54) is 21.9 Å². The van der Waals surface area contributed by atoms with Gasteiger partial charge in [0, 0.05) is 37.2 Å². The number of nitrogens with one attached hydrogen (secondary N) is 1. The van der Waals surface area contributed by atoms with Gasteiger partial charge >= 0.3 is 0 Å². The summed E-state index contributed by atoms with van der Waals surface area (Å²) in [7, 11) is 0. The Hall–Kier alpha value is -2.22. The minimum atomic E-state index is -0.133. The number of imidazole rings is 1. The van der Waals surface area contributed by atoms with Crippen LogP contribution in [0.4, 0.5) is 5.13 Å². The van der Waals surface area contributed by atoms with Gasteiger partial charge in [-0.1, -0.05) is 18.3 Å². The maximum Gasteiger partial charge on any atom is 0.275 e. The van der Waals surface area contributed by atoms with Gasteiger partial charge in [-0.3, -0.25) is 4.79 Å². The van der Waals surface area contributed by atoms with Gasteiger partial charge in [-0.05, 0) is 13.3 Å². The van der Waals surface area contributed by atoms with Gasteiger partial charge in [-0.25, -0.2) is 9.97 Å². The molecule has 8 heteroatoms. The lowest BCUT2D eigenvalue weighted by molar-refractivity contribution is 0.699. The zero-order valence-corrected chi connectivity index (χ0v) is 12.7. The lowest BCUT2D eigenvalue weighted by atomic mass is 10.3. The Labute approximate surface area is 125 Å². The first-order chi connectivity index (χ1) is 10.2. The van der Waals surface area contributed by atoms with Gasteiger partial charge in [0.1, 0.15) is 5.82 Å². The fraction of sp³-hybridized carbons (Fsp3) is 0.385. The second-order valence-electron chi connectivity index (χ2n) is 4.64. The Morgan fingerprint density at radius 1 is 1.43 bits per heavy atom. The van der Waals surface area contributed by atoms with E-state index in [4.69, 9.17) is 0 Å². The number of fused-ring (bicyclic) bond motifs is 1. The van der Waals surface area contributed by atoms with Crippen molar-refractivity contribution >= 4 is 21.4 Å². The van der Waals surface area contributed by atoms with Crippen LogP contribution >= 0.6 is 11.3 Å². The van der Waals surface area contributed by atoms with Gasteiger partial charge in [0.2, 0.25) is 10.1 Å². The van der Waals surface area contributed by atoms with Gasteiger partial charge in [-0.15, -0.1) is 5.10 Å². The first kappa shape index (κ1) is 13.7. The molecule has 3 rings (SSSR count). The van der Waals surface area contributed by atoms with E-state index < -0.39 is 0 Å². The van der Waals surface area contributed by atoms with Crippen molar-refractivity contribution in [2.75, 3.05) is 11.9 Å². The van der Waals surface area contributed by atoms with E-state index in [-0.39, 0.29) is 5.56 Å². The quantitative estimate of drug-likeness (QED) is 0.769. The summed E-state index contributed by atoms with van der Waals surface area (Å²) in [6.07, 6.45) is 4.46. The SMILES string of the molecule is CCc1cc(=O)n2nc(NCCn3ccnc3C)sc2n1. The molecular formula is C13H16N6OS. The summed E-state index contributed by atoms with van der Waals surface area (Å²) in [6.45, 7) is 5.45. The summed E-state index contributed by atoms with van der Waals surface area (Å²) in [5.41, 5.74) is 0.663. The van der Waals surface area contributed by atoms with Crippen LogP contribution in [-0.4, -0.2) is 30.7 Å². The maximum atomic E-state index is 11.9. The van der Waals surface area contributed by atoms with Crippen LogP contribution in [0.2, 0.25) is 0 Å². The number of nitrogens with zero attached hydrogens (tertiary/aromatic N) is 5. The van der Waals surface area contributed by atoms with Crippen LogP contribution in [0.25, 0.3) is 4.96 Å². The van der Waals surface area contributed by atoms with Gasteiger partial charge in [0.25, 0.3) is 5.56 Å². The first-order valence-electron chi connectivity index (χ1n) is 6.79. The minimum absolute atomic E-state index is 0.133. The fourth-order valence-corrected chi connectivity index (χ4v) is 2.88. The predicted octanol–water partition coefficient (Wildman–Crippen LogP) is 1.33. The molecule has 3 aromatic heterocycles. The summed E-state index contributed by atoms with van der Waals surface area (Å²) in [5, 5.41) is 8.18. The summed E-state index contributed by atoms with van der Waals surface area (Å²) in [5.74, 6) is 0.978. The minimum Gasteiger partial charge on any atom is -0.358 e. The highest BCUT2D eigenvalue weighted by Crippen LogP contribution is 2.16. The molecule has 0 radical (unpaired) electrons. The van der Waals surface area contributed by atoms with Crippen molar-refractivity contribution < 1.29 is 0 Å². The van der Waals surface area contributed by atoms with Crippen LogP contribution in [0.5, 0.6) is 0 Å². The van der Waals surface area contributed by atoms with Crippen LogP contribution in [0.3, 0.4) is 0 Å². The standard InChI is InChI=1S/C13H16N6OS/c1-3-10-8-11(20)19-13(16-10)21-12(17-19)15-5-7-18-6-4-14-9(18)2/h4,6,8H,3,5,7H2,1-2H3,(H,15,17). The average Bonchev–Trinajstić information content (AvgIpc) is 3.05. The molecule has 1 N–H and O–H groups in total. The van der Waals surface area contributed by atoms with Crippen molar-refractivity contribution in [2.45, 2.75) is 26.8 Å². The van der Waals surface area contributed by atoms with Gasteiger partial charge < -0.3 is 9.88 Å². The molecule has 0 bridgehead atoms. The van der Waals surface area contributed by atoms with Crippen LogP contribution in [0.15, 0.2) is 23.3 Å². The third-order valence-electron chi connectivity index (χ3n) is 3.21. The molecule has 21 heavy (non-hydrogen) atoms. The lowest BCUT2D eigenvalue weighted by Gasteiger charge is -2.04. The van der Waals surface area contributed by atoms with E-state index in [9.17, 15) is 4.79 Å². The van der Waals surface area contributed by atoms with Crippen molar-refractivity contribution in [1.29, 1.82) is 0 Å². The third kappa shape index (κ3) is 2.80. The second kappa shape index (κ2) is 5.65. The summed E-state index contributed by atoms with van der Waals surface area (Å²) in [6, 6.07) is 1.53. The van der Waals surface area contributed by atoms with Gasteiger partial charge in [-0.2, -0.15) is 4.52 Å². The molecule has 0 unspecified atom stereocenters.